The molecule has 3 aliphatic heterocycles. The van der Waals surface area contributed by atoms with E-state index in [1.807, 2.05) is 30.5 Å². The number of nitrogens with zero attached hydrogens (tertiary/aromatic N) is 1. The molecule has 0 spiro atoms. The number of aromatic nitrogens is 1. The van der Waals surface area contributed by atoms with E-state index < -0.39 is 0 Å². The van der Waals surface area contributed by atoms with Gasteiger partial charge < -0.3 is 26.1 Å². The molecule has 1 amide bonds. The van der Waals surface area contributed by atoms with Crippen molar-refractivity contribution in [3.63, 3.8) is 0 Å². The van der Waals surface area contributed by atoms with Crippen LogP contribution in [0, 0.1) is 0 Å². The average molecular weight is 486 g/mol. The Morgan fingerprint density at radius 1 is 1.29 bits per heavy atom. The molecule has 6 rings (SSSR count). The molecule has 0 aliphatic carbocycles. The number of carbonyl (C=O) groups is 1. The lowest BCUT2D eigenvalue weighted by atomic mass is 10.0. The molecule has 7 nitrogen and oxygen atoms in total. The first-order valence-corrected chi connectivity index (χ1v) is 12.8. The molecule has 2 atom stereocenters. The fourth-order valence-corrected chi connectivity index (χ4v) is 5.77. The normalized spacial score (nSPS) is 21.0. The number of aromatic amines is 1. The molecule has 35 heavy (non-hydrogen) atoms. The number of nitrogens with two attached hydrogens (primary N) is 1. The highest BCUT2D eigenvalue weighted by molar-refractivity contribution is 8.14. The molecule has 0 radical (unpaired) electrons. The maximum Gasteiger partial charge on any atom is 0.256 e. The van der Waals surface area contributed by atoms with Gasteiger partial charge in [0, 0.05) is 47.4 Å². The van der Waals surface area contributed by atoms with Crippen molar-refractivity contribution in [3.8, 4) is 0 Å². The van der Waals surface area contributed by atoms with Crippen LogP contribution in [-0.2, 0) is 16.0 Å². The van der Waals surface area contributed by atoms with Crippen LogP contribution in [0.2, 0.25) is 0 Å². The van der Waals surface area contributed by atoms with E-state index in [4.69, 9.17) is 15.5 Å². The summed E-state index contributed by atoms with van der Waals surface area (Å²) in [6.07, 6.45) is 7.58. The molecule has 2 aromatic carbocycles. The molecular formula is C27H27N5O2S. The molecule has 1 aromatic heterocycles. The van der Waals surface area contributed by atoms with Gasteiger partial charge >= 0.3 is 0 Å². The summed E-state index contributed by atoms with van der Waals surface area (Å²) in [5.74, 6) is 0.679. The van der Waals surface area contributed by atoms with Gasteiger partial charge in [0.25, 0.3) is 5.91 Å². The zero-order valence-electron chi connectivity index (χ0n) is 19.2. The number of fused-ring (bicyclic) bond motifs is 2. The number of hydrogen-bond donors (Lipinski definition) is 4. The van der Waals surface area contributed by atoms with E-state index in [2.05, 4.69) is 45.9 Å². The van der Waals surface area contributed by atoms with Gasteiger partial charge in [0.1, 0.15) is 5.76 Å². The Kier molecular flexibility index (Phi) is 5.83. The van der Waals surface area contributed by atoms with E-state index in [-0.39, 0.29) is 17.2 Å². The van der Waals surface area contributed by atoms with Crippen molar-refractivity contribution >= 4 is 45.0 Å². The second kappa shape index (κ2) is 9.28. The molecule has 3 aliphatic rings. The Labute approximate surface area is 207 Å². The van der Waals surface area contributed by atoms with Crippen LogP contribution in [-0.4, -0.2) is 41.8 Å². The zero-order valence-corrected chi connectivity index (χ0v) is 20.0. The number of para-hydroxylation sites is 1. The van der Waals surface area contributed by atoms with Crippen LogP contribution in [0.1, 0.15) is 28.4 Å². The number of amides is 1. The smallest absolute Gasteiger partial charge is 0.256 e. The molecule has 3 aromatic rings. The monoisotopic (exact) mass is 485 g/mol. The van der Waals surface area contributed by atoms with Crippen molar-refractivity contribution in [2.45, 2.75) is 24.1 Å². The summed E-state index contributed by atoms with van der Waals surface area (Å²) in [7, 11) is 0. The highest BCUT2D eigenvalue weighted by Gasteiger charge is 2.28. The maximum absolute atomic E-state index is 12.5. The summed E-state index contributed by atoms with van der Waals surface area (Å²) in [5.41, 5.74) is 12.4. The Bertz CT molecular complexity index is 1390. The topological polar surface area (TPSA) is 105 Å². The van der Waals surface area contributed by atoms with Crippen LogP contribution in [0.4, 0.5) is 5.69 Å². The van der Waals surface area contributed by atoms with Crippen molar-refractivity contribution < 1.29 is 9.53 Å². The van der Waals surface area contributed by atoms with Gasteiger partial charge in [-0.2, -0.15) is 0 Å². The molecule has 0 saturated carbocycles. The summed E-state index contributed by atoms with van der Waals surface area (Å²) in [4.78, 5) is 20.5. The second-order valence-electron chi connectivity index (χ2n) is 9.02. The second-order valence-corrected chi connectivity index (χ2v) is 10.2. The summed E-state index contributed by atoms with van der Waals surface area (Å²) in [6.45, 7) is 2.02. The Morgan fingerprint density at radius 2 is 2.20 bits per heavy atom. The zero-order chi connectivity index (χ0) is 23.8. The molecule has 0 saturated heterocycles. The number of benzene rings is 2. The minimum Gasteiger partial charge on any atom is -0.494 e. The Morgan fingerprint density at radius 3 is 3.09 bits per heavy atom. The summed E-state index contributed by atoms with van der Waals surface area (Å²) in [6, 6.07) is 14.4. The fraction of sp³-hybridized carbons (Fsp3) is 0.259. The minimum atomic E-state index is -0.0876. The number of rotatable bonds is 6. The fourth-order valence-electron chi connectivity index (χ4n) is 4.75. The molecule has 0 bridgehead atoms. The van der Waals surface area contributed by atoms with Crippen molar-refractivity contribution in [2.75, 3.05) is 25.0 Å². The van der Waals surface area contributed by atoms with Gasteiger partial charge in [0.2, 0.25) is 0 Å². The lowest BCUT2D eigenvalue weighted by Gasteiger charge is -2.14. The number of amidine groups is 1. The number of H-pyrrole nitrogens is 1. The minimum absolute atomic E-state index is 0.0200. The molecule has 178 valence electrons. The summed E-state index contributed by atoms with van der Waals surface area (Å²) < 4.78 is 5.58. The Balaban J connectivity index is 1.08. The number of ether oxygens (including phenoxy) is 1. The molecule has 1 unspecified atom stereocenters. The van der Waals surface area contributed by atoms with Crippen LogP contribution in [0.25, 0.3) is 16.5 Å². The number of hydrogen-bond acceptors (Lipinski definition) is 6. The van der Waals surface area contributed by atoms with Crippen molar-refractivity contribution in [1.82, 2.24) is 10.3 Å². The first-order valence-electron chi connectivity index (χ1n) is 11.9. The predicted octanol–water partition coefficient (Wildman–Crippen LogP) is 4.11. The number of aliphatic imine (C=N–C) groups is 1. The van der Waals surface area contributed by atoms with Gasteiger partial charge in [-0.15, -0.1) is 0 Å². The van der Waals surface area contributed by atoms with Crippen molar-refractivity contribution in [2.24, 2.45) is 10.7 Å². The first-order chi connectivity index (χ1) is 17.1. The van der Waals surface area contributed by atoms with Crippen LogP contribution < -0.4 is 16.4 Å². The standard InChI is InChI=1S/C27H27N5O2S/c28-18(10-17-13-29-23-6-2-1-5-20(17)23)14-30-27-31-15-25(35-27)16-7-8-24-21(11-16)22(26(33)32-24)12-19-4-3-9-34-19/h1-2,4-8,11-13,18,25,29H,3,9-10,14-15,28H2,(H,30,31)(H,32,33)/b22-12-/t18-,25?/m0/s1. The molecule has 4 heterocycles. The van der Waals surface area contributed by atoms with Gasteiger partial charge in [-0.1, -0.05) is 36.0 Å². The largest absolute Gasteiger partial charge is 0.494 e. The third-order valence-electron chi connectivity index (χ3n) is 6.54. The average Bonchev–Trinajstić information content (AvgIpc) is 3.66. The van der Waals surface area contributed by atoms with E-state index in [1.165, 1.54) is 10.9 Å². The third-order valence-corrected chi connectivity index (χ3v) is 7.75. The Hall–Kier alpha value is -3.49. The van der Waals surface area contributed by atoms with Crippen molar-refractivity contribution in [1.29, 1.82) is 0 Å². The molecular weight excluding hydrogens is 458 g/mol. The summed E-state index contributed by atoms with van der Waals surface area (Å²) >= 11 is 1.71. The quantitative estimate of drug-likeness (QED) is 0.394. The number of carbonyl (C=O) groups excluding carboxylic acids is 1. The van der Waals surface area contributed by atoms with E-state index in [0.717, 1.165) is 46.1 Å². The third kappa shape index (κ3) is 4.47. The van der Waals surface area contributed by atoms with E-state index in [1.54, 1.807) is 11.8 Å². The van der Waals surface area contributed by atoms with E-state index >= 15 is 0 Å². The molecule has 8 heteroatoms. The van der Waals surface area contributed by atoms with Crippen LogP contribution >= 0.6 is 11.8 Å². The van der Waals surface area contributed by atoms with E-state index in [0.29, 0.717) is 25.3 Å². The highest BCUT2D eigenvalue weighted by atomic mass is 32.2. The number of nitrogens with one attached hydrogen (secondary N) is 3. The van der Waals surface area contributed by atoms with Crippen LogP contribution in [0.15, 0.2) is 71.6 Å². The lowest BCUT2D eigenvalue weighted by molar-refractivity contribution is -0.110. The van der Waals surface area contributed by atoms with Gasteiger partial charge in [0.05, 0.1) is 24.0 Å². The number of anilines is 1. The first kappa shape index (κ1) is 22.0. The van der Waals surface area contributed by atoms with Crippen molar-refractivity contribution in [3.05, 3.63) is 83.3 Å². The highest BCUT2D eigenvalue weighted by Crippen LogP contribution is 2.40. The summed E-state index contributed by atoms with van der Waals surface area (Å²) in [5, 5.41) is 8.73. The number of thioether (sulfide) groups is 1. The van der Waals surface area contributed by atoms with Gasteiger partial charge in [-0.3, -0.25) is 9.79 Å². The van der Waals surface area contributed by atoms with Gasteiger partial charge in [0.15, 0.2) is 5.17 Å². The molecule has 0 fully saturated rings. The predicted molar refractivity (Wildman–Crippen MR) is 142 cm³/mol. The number of allylic oxidation sites excluding steroid dienone is 1. The van der Waals surface area contributed by atoms with Crippen LogP contribution in [0.3, 0.4) is 0 Å². The SMILES string of the molecule is N[C@H](CNC1=NCC(c2ccc3c(c2)/C(=C/C2=CCCO2)C(=O)N3)S1)Cc1c[nH]c2ccccc12. The molecule has 5 N–H and O–H groups in total. The van der Waals surface area contributed by atoms with Gasteiger partial charge in [-0.25, -0.2) is 0 Å². The maximum atomic E-state index is 12.5. The lowest BCUT2D eigenvalue weighted by Crippen LogP contribution is -2.37. The van der Waals surface area contributed by atoms with Gasteiger partial charge in [-0.05, 0) is 47.9 Å². The van der Waals surface area contributed by atoms with Crippen LogP contribution in [0.5, 0.6) is 0 Å². The van der Waals surface area contributed by atoms with E-state index in [9.17, 15) is 4.79 Å².